The van der Waals surface area contributed by atoms with Gasteiger partial charge in [-0.3, -0.25) is 0 Å². The Morgan fingerprint density at radius 3 is 2.08 bits per heavy atom. The van der Waals surface area contributed by atoms with Crippen LogP contribution in [0.15, 0.2) is 18.2 Å². The lowest BCUT2D eigenvalue weighted by atomic mass is 10.2. The van der Waals surface area contributed by atoms with Crippen LogP contribution in [0.3, 0.4) is 0 Å². The second-order valence-corrected chi connectivity index (χ2v) is 4.66. The molecule has 1 unspecified atom stereocenters. The molecule has 1 nitrogen and oxygen atoms in total. The third kappa shape index (κ3) is 3.89. The molecule has 0 bridgehead atoms. The standard InChI is InChI=1S/C11H17OP/c1-8(2)12-13-11-6-9(3)5-10(4)7-11/h5-8,13H,1-4H3. The average molecular weight is 196 g/mol. The van der Waals surface area contributed by atoms with Crippen molar-refractivity contribution >= 4 is 14.1 Å². The van der Waals surface area contributed by atoms with Crippen LogP contribution in [0.2, 0.25) is 0 Å². The van der Waals surface area contributed by atoms with Gasteiger partial charge >= 0.3 is 0 Å². The van der Waals surface area contributed by atoms with E-state index in [2.05, 4.69) is 45.9 Å². The molecule has 0 fully saturated rings. The Hall–Kier alpha value is -0.390. The van der Waals surface area contributed by atoms with Gasteiger partial charge in [-0.25, -0.2) is 0 Å². The molecule has 1 rings (SSSR count). The maximum Gasteiger partial charge on any atom is 0.0562 e. The summed E-state index contributed by atoms with van der Waals surface area (Å²) in [6.45, 7) is 8.37. The van der Waals surface area contributed by atoms with Crippen molar-refractivity contribution in [2.45, 2.75) is 33.8 Å². The fourth-order valence-electron chi connectivity index (χ4n) is 1.22. The van der Waals surface area contributed by atoms with Crippen LogP contribution in [0.1, 0.15) is 25.0 Å². The highest BCUT2D eigenvalue weighted by Gasteiger charge is 1.98. The van der Waals surface area contributed by atoms with Crippen LogP contribution in [-0.2, 0) is 4.52 Å². The molecular formula is C11H17OP. The van der Waals surface area contributed by atoms with Crippen LogP contribution in [0.5, 0.6) is 0 Å². The van der Waals surface area contributed by atoms with Crippen molar-refractivity contribution in [2.75, 3.05) is 0 Å². The molecule has 0 saturated heterocycles. The minimum Gasteiger partial charge on any atom is -0.355 e. The summed E-state index contributed by atoms with van der Waals surface area (Å²) in [6.07, 6.45) is 0.319. The first-order valence-corrected chi connectivity index (χ1v) is 5.48. The highest BCUT2D eigenvalue weighted by Crippen LogP contribution is 2.16. The Kier molecular flexibility index (Phi) is 3.90. The lowest BCUT2D eigenvalue weighted by Gasteiger charge is -2.08. The highest BCUT2D eigenvalue weighted by atomic mass is 31.1. The van der Waals surface area contributed by atoms with Crippen LogP contribution in [0.4, 0.5) is 0 Å². The molecule has 1 aromatic carbocycles. The molecule has 0 aliphatic heterocycles. The predicted octanol–water partition coefficient (Wildman–Crippen LogP) is 2.95. The first-order chi connectivity index (χ1) is 6.08. The number of rotatable bonds is 3. The summed E-state index contributed by atoms with van der Waals surface area (Å²) in [4.78, 5) is 0. The molecule has 2 heteroatoms. The molecule has 0 N–H and O–H groups in total. The van der Waals surface area contributed by atoms with Gasteiger partial charge in [-0.2, -0.15) is 0 Å². The molecule has 0 aliphatic carbocycles. The minimum atomic E-state index is 0.319. The molecule has 72 valence electrons. The van der Waals surface area contributed by atoms with Gasteiger partial charge in [0.05, 0.1) is 6.10 Å². The molecule has 0 aliphatic rings. The Bertz CT molecular complexity index is 261. The van der Waals surface area contributed by atoms with Crippen molar-refractivity contribution in [3.8, 4) is 0 Å². The summed E-state index contributed by atoms with van der Waals surface area (Å²) in [5.74, 6) is 0. The quantitative estimate of drug-likeness (QED) is 0.675. The number of benzene rings is 1. The fraction of sp³-hybridized carbons (Fsp3) is 0.455. The van der Waals surface area contributed by atoms with E-state index >= 15 is 0 Å². The summed E-state index contributed by atoms with van der Waals surface area (Å²) >= 11 is 0. The van der Waals surface area contributed by atoms with Crippen molar-refractivity contribution in [1.29, 1.82) is 0 Å². The van der Waals surface area contributed by atoms with Gasteiger partial charge in [0, 0.05) is 8.81 Å². The number of hydrogen-bond acceptors (Lipinski definition) is 1. The van der Waals surface area contributed by atoms with E-state index in [1.54, 1.807) is 0 Å². The second kappa shape index (κ2) is 4.74. The number of hydrogen-bond donors (Lipinski definition) is 0. The van der Waals surface area contributed by atoms with Gasteiger partial charge in [0.15, 0.2) is 0 Å². The zero-order valence-electron chi connectivity index (χ0n) is 8.72. The van der Waals surface area contributed by atoms with Gasteiger partial charge in [-0.15, -0.1) is 0 Å². The molecule has 1 atom stereocenters. The molecule has 1 aromatic rings. The van der Waals surface area contributed by atoms with E-state index < -0.39 is 0 Å². The molecule has 0 amide bonds. The zero-order valence-corrected chi connectivity index (χ0v) is 9.72. The highest BCUT2D eigenvalue weighted by molar-refractivity contribution is 7.41. The van der Waals surface area contributed by atoms with Gasteiger partial charge < -0.3 is 4.52 Å². The molecular weight excluding hydrogens is 179 g/mol. The lowest BCUT2D eigenvalue weighted by Crippen LogP contribution is -2.01. The van der Waals surface area contributed by atoms with Crippen LogP contribution < -0.4 is 5.30 Å². The summed E-state index contributed by atoms with van der Waals surface area (Å²) in [6, 6.07) is 6.56. The first-order valence-electron chi connectivity index (χ1n) is 4.58. The van der Waals surface area contributed by atoms with E-state index in [-0.39, 0.29) is 0 Å². The van der Waals surface area contributed by atoms with Crippen LogP contribution in [0, 0.1) is 13.8 Å². The van der Waals surface area contributed by atoms with Crippen LogP contribution >= 0.6 is 8.81 Å². The largest absolute Gasteiger partial charge is 0.355 e. The van der Waals surface area contributed by atoms with Crippen molar-refractivity contribution in [1.82, 2.24) is 0 Å². The van der Waals surface area contributed by atoms with Crippen LogP contribution in [0.25, 0.3) is 0 Å². The van der Waals surface area contributed by atoms with Crippen molar-refractivity contribution in [3.05, 3.63) is 29.3 Å². The molecule has 0 aromatic heterocycles. The van der Waals surface area contributed by atoms with Crippen molar-refractivity contribution in [2.24, 2.45) is 0 Å². The van der Waals surface area contributed by atoms with E-state index in [4.69, 9.17) is 4.52 Å². The summed E-state index contributed by atoms with van der Waals surface area (Å²) in [5, 5.41) is 1.30. The summed E-state index contributed by atoms with van der Waals surface area (Å²) in [7, 11) is 0.478. The maximum atomic E-state index is 5.57. The van der Waals surface area contributed by atoms with E-state index in [0.29, 0.717) is 14.9 Å². The average Bonchev–Trinajstić information content (AvgIpc) is 1.99. The third-order valence-corrected chi connectivity index (χ3v) is 2.75. The smallest absolute Gasteiger partial charge is 0.0562 e. The van der Waals surface area contributed by atoms with Gasteiger partial charge in [0.1, 0.15) is 0 Å². The normalized spacial score (nSPS) is 11.8. The van der Waals surface area contributed by atoms with Gasteiger partial charge in [-0.05, 0) is 45.1 Å². The molecule has 0 spiro atoms. The van der Waals surface area contributed by atoms with E-state index in [1.165, 1.54) is 16.4 Å². The second-order valence-electron chi connectivity index (χ2n) is 3.65. The van der Waals surface area contributed by atoms with Crippen molar-refractivity contribution in [3.63, 3.8) is 0 Å². The van der Waals surface area contributed by atoms with E-state index in [0.717, 1.165) is 0 Å². The predicted molar refractivity (Wildman–Crippen MR) is 60.1 cm³/mol. The number of aryl methyl sites for hydroxylation is 2. The Morgan fingerprint density at radius 1 is 1.08 bits per heavy atom. The van der Waals surface area contributed by atoms with Gasteiger partial charge in [-0.1, -0.05) is 17.2 Å². The summed E-state index contributed by atoms with van der Waals surface area (Å²) < 4.78 is 5.57. The van der Waals surface area contributed by atoms with Crippen molar-refractivity contribution < 1.29 is 4.52 Å². The zero-order chi connectivity index (χ0) is 9.84. The fourth-order valence-corrected chi connectivity index (χ4v) is 2.16. The van der Waals surface area contributed by atoms with Gasteiger partial charge in [0.2, 0.25) is 0 Å². The third-order valence-electron chi connectivity index (χ3n) is 1.63. The minimum absolute atomic E-state index is 0.319. The molecule has 13 heavy (non-hydrogen) atoms. The lowest BCUT2D eigenvalue weighted by molar-refractivity contribution is 0.282. The Morgan fingerprint density at radius 2 is 1.62 bits per heavy atom. The molecule has 0 radical (unpaired) electrons. The monoisotopic (exact) mass is 196 g/mol. The Labute approximate surface area is 82.4 Å². The topological polar surface area (TPSA) is 9.23 Å². The first kappa shape index (κ1) is 10.7. The Balaban J connectivity index is 2.66. The summed E-state index contributed by atoms with van der Waals surface area (Å²) in [5.41, 5.74) is 2.63. The van der Waals surface area contributed by atoms with E-state index in [1.807, 2.05) is 0 Å². The van der Waals surface area contributed by atoms with Crippen LogP contribution in [-0.4, -0.2) is 6.10 Å². The molecule has 0 saturated carbocycles. The molecule has 0 heterocycles. The SMILES string of the molecule is Cc1cc(C)cc(POC(C)C)c1. The van der Waals surface area contributed by atoms with Gasteiger partial charge in [0.25, 0.3) is 0 Å². The van der Waals surface area contributed by atoms with E-state index in [9.17, 15) is 0 Å². The maximum absolute atomic E-state index is 5.57.